The maximum absolute atomic E-state index is 12.3. The molecule has 0 spiro atoms. The third kappa shape index (κ3) is 3.83. The van der Waals surface area contributed by atoms with Gasteiger partial charge < -0.3 is 9.47 Å². The maximum atomic E-state index is 12.3. The van der Waals surface area contributed by atoms with Gasteiger partial charge in [0.1, 0.15) is 0 Å². The molecule has 0 aromatic carbocycles. The molecule has 4 heteroatoms. The number of methoxy groups -OCH3 is 2. The molecule has 1 rings (SSSR count). The van der Waals surface area contributed by atoms with E-state index in [1.807, 2.05) is 6.92 Å². The lowest BCUT2D eigenvalue weighted by Crippen LogP contribution is -2.15. The molecule has 4 nitrogen and oxygen atoms in total. The molecule has 1 aliphatic rings. The Morgan fingerprint density at radius 2 is 2.00 bits per heavy atom. The second-order valence-corrected chi connectivity index (χ2v) is 4.71. The third-order valence-corrected chi connectivity index (χ3v) is 3.26. The highest BCUT2D eigenvalue weighted by atomic mass is 16.5. The predicted molar refractivity (Wildman–Crippen MR) is 77.0 cm³/mol. The summed E-state index contributed by atoms with van der Waals surface area (Å²) < 4.78 is 10.0. The van der Waals surface area contributed by atoms with Crippen LogP contribution in [0.4, 0.5) is 0 Å². The molecular weight excluding hydrogens is 256 g/mol. The van der Waals surface area contributed by atoms with Crippen molar-refractivity contribution in [2.24, 2.45) is 0 Å². The van der Waals surface area contributed by atoms with Crippen LogP contribution in [0.15, 0.2) is 34.6 Å². The molecule has 0 amide bonds. The average molecular weight is 278 g/mol. The number of rotatable bonds is 6. The molecule has 0 saturated carbocycles. The van der Waals surface area contributed by atoms with Crippen molar-refractivity contribution in [3.05, 3.63) is 34.6 Å². The van der Waals surface area contributed by atoms with Gasteiger partial charge in [-0.3, -0.25) is 4.79 Å². The second kappa shape index (κ2) is 7.68. The van der Waals surface area contributed by atoms with Crippen LogP contribution in [0.3, 0.4) is 0 Å². The molecule has 0 fully saturated rings. The Bertz CT molecular complexity index is 481. The number of carbonyl (C=O) groups excluding carboxylic acids is 2. The summed E-state index contributed by atoms with van der Waals surface area (Å²) in [5.41, 5.74) is 1.49. The Morgan fingerprint density at radius 3 is 2.55 bits per heavy atom. The molecule has 0 aromatic rings. The van der Waals surface area contributed by atoms with E-state index in [2.05, 4.69) is 0 Å². The van der Waals surface area contributed by atoms with Crippen LogP contribution in [0.5, 0.6) is 0 Å². The van der Waals surface area contributed by atoms with Gasteiger partial charge in [0.05, 0.1) is 25.6 Å². The highest BCUT2D eigenvalue weighted by molar-refractivity contribution is 6.10. The van der Waals surface area contributed by atoms with Crippen molar-refractivity contribution in [2.45, 2.75) is 39.5 Å². The van der Waals surface area contributed by atoms with Crippen LogP contribution in [0.25, 0.3) is 0 Å². The van der Waals surface area contributed by atoms with Gasteiger partial charge in [-0.25, -0.2) is 4.79 Å². The topological polar surface area (TPSA) is 52.6 Å². The van der Waals surface area contributed by atoms with Crippen molar-refractivity contribution in [1.29, 1.82) is 0 Å². The standard InChI is InChI=1S/C16H22O4/c1-5-6-7-14(17)13-9-8-12(19-3)10-11(2)15(13)16(18)20-4/h9-10H,5-8H2,1-4H3. The molecule has 0 unspecified atom stereocenters. The van der Waals surface area contributed by atoms with Crippen LogP contribution in [0.2, 0.25) is 0 Å². The normalized spacial score (nSPS) is 15.2. The van der Waals surface area contributed by atoms with Crippen LogP contribution >= 0.6 is 0 Å². The predicted octanol–water partition coefficient (Wildman–Crippen LogP) is 3.10. The number of unbranched alkanes of at least 4 members (excludes halogenated alkanes) is 1. The molecule has 0 aromatic heterocycles. The van der Waals surface area contributed by atoms with Crippen LogP contribution in [0.1, 0.15) is 39.5 Å². The van der Waals surface area contributed by atoms with Gasteiger partial charge in [-0.2, -0.15) is 0 Å². The Labute approximate surface area is 120 Å². The van der Waals surface area contributed by atoms with Crippen molar-refractivity contribution in [3.63, 3.8) is 0 Å². The van der Waals surface area contributed by atoms with E-state index >= 15 is 0 Å². The van der Waals surface area contributed by atoms with Gasteiger partial charge in [0.15, 0.2) is 5.78 Å². The fourth-order valence-corrected chi connectivity index (χ4v) is 2.13. The van der Waals surface area contributed by atoms with E-state index in [9.17, 15) is 9.59 Å². The quantitative estimate of drug-likeness (QED) is 0.701. The Kier molecular flexibility index (Phi) is 6.22. The second-order valence-electron chi connectivity index (χ2n) is 4.71. The minimum absolute atomic E-state index is 0.0163. The first-order valence-corrected chi connectivity index (χ1v) is 6.82. The van der Waals surface area contributed by atoms with E-state index in [0.717, 1.165) is 18.6 Å². The van der Waals surface area contributed by atoms with Gasteiger partial charge in [0.25, 0.3) is 0 Å². The molecule has 110 valence electrons. The van der Waals surface area contributed by atoms with Gasteiger partial charge in [0, 0.05) is 18.4 Å². The van der Waals surface area contributed by atoms with E-state index < -0.39 is 5.97 Å². The number of ketones is 1. The molecule has 0 radical (unpaired) electrons. The van der Waals surface area contributed by atoms with Crippen molar-refractivity contribution < 1.29 is 19.1 Å². The summed E-state index contributed by atoms with van der Waals surface area (Å²) in [4.78, 5) is 24.3. The molecule has 0 N–H and O–H groups in total. The summed E-state index contributed by atoms with van der Waals surface area (Å²) in [5, 5.41) is 0. The number of hydrogen-bond acceptors (Lipinski definition) is 4. The Balaban J connectivity index is 3.19. The first kappa shape index (κ1) is 16.2. The van der Waals surface area contributed by atoms with E-state index in [1.165, 1.54) is 7.11 Å². The van der Waals surface area contributed by atoms with E-state index in [4.69, 9.17) is 9.47 Å². The fourth-order valence-electron chi connectivity index (χ4n) is 2.13. The van der Waals surface area contributed by atoms with E-state index in [1.54, 1.807) is 26.2 Å². The molecule has 0 heterocycles. The SMILES string of the molecule is CCCCC(=O)C1=CCC(OC)=CC(C)=C1C(=O)OC. The zero-order chi connectivity index (χ0) is 15.1. The first-order valence-electron chi connectivity index (χ1n) is 6.82. The minimum atomic E-state index is -0.479. The highest BCUT2D eigenvalue weighted by Gasteiger charge is 2.24. The van der Waals surface area contributed by atoms with E-state index in [0.29, 0.717) is 29.6 Å². The first-order chi connectivity index (χ1) is 9.54. The van der Waals surface area contributed by atoms with Gasteiger partial charge in [-0.1, -0.05) is 19.4 Å². The summed E-state index contributed by atoms with van der Waals surface area (Å²) in [6.45, 7) is 3.82. The lowest BCUT2D eigenvalue weighted by atomic mass is 9.95. The number of ether oxygens (including phenoxy) is 2. The van der Waals surface area contributed by atoms with Gasteiger partial charge in [-0.15, -0.1) is 0 Å². The third-order valence-electron chi connectivity index (χ3n) is 3.26. The lowest BCUT2D eigenvalue weighted by molar-refractivity contribution is -0.136. The summed E-state index contributed by atoms with van der Waals surface area (Å²) in [6, 6.07) is 0. The number of esters is 1. The fraction of sp³-hybridized carbons (Fsp3) is 0.500. The number of hydrogen-bond donors (Lipinski definition) is 0. The van der Waals surface area contributed by atoms with Gasteiger partial charge >= 0.3 is 5.97 Å². The summed E-state index contributed by atoms with van der Waals surface area (Å²) in [7, 11) is 2.90. The zero-order valence-corrected chi connectivity index (χ0v) is 12.6. The zero-order valence-electron chi connectivity index (χ0n) is 12.6. The monoisotopic (exact) mass is 278 g/mol. The number of carbonyl (C=O) groups is 2. The van der Waals surface area contributed by atoms with Crippen molar-refractivity contribution >= 4 is 11.8 Å². The lowest BCUT2D eigenvalue weighted by Gasteiger charge is -2.10. The van der Waals surface area contributed by atoms with Crippen molar-refractivity contribution in [2.75, 3.05) is 14.2 Å². The van der Waals surface area contributed by atoms with Crippen molar-refractivity contribution in [3.8, 4) is 0 Å². The molecule has 0 aliphatic heterocycles. The van der Waals surface area contributed by atoms with E-state index in [-0.39, 0.29) is 5.78 Å². The molecule has 0 bridgehead atoms. The molecule has 0 saturated heterocycles. The Morgan fingerprint density at radius 1 is 1.30 bits per heavy atom. The summed E-state index contributed by atoms with van der Waals surface area (Å²) in [6.07, 6.45) is 6.24. The maximum Gasteiger partial charge on any atom is 0.338 e. The molecule has 1 aliphatic carbocycles. The highest BCUT2D eigenvalue weighted by Crippen LogP contribution is 2.26. The number of Topliss-reactive ketones (excluding diaryl/α,β-unsaturated/α-hetero) is 1. The van der Waals surface area contributed by atoms with Crippen LogP contribution < -0.4 is 0 Å². The smallest absolute Gasteiger partial charge is 0.338 e. The largest absolute Gasteiger partial charge is 0.501 e. The summed E-state index contributed by atoms with van der Waals surface area (Å²) >= 11 is 0. The minimum Gasteiger partial charge on any atom is -0.501 e. The van der Waals surface area contributed by atoms with Crippen LogP contribution in [0, 0.1) is 0 Å². The van der Waals surface area contributed by atoms with Crippen LogP contribution in [-0.2, 0) is 19.1 Å². The average Bonchev–Trinajstić information content (AvgIpc) is 2.62. The van der Waals surface area contributed by atoms with Gasteiger partial charge in [-0.05, 0) is 25.0 Å². The molecule has 20 heavy (non-hydrogen) atoms. The van der Waals surface area contributed by atoms with Crippen LogP contribution in [-0.4, -0.2) is 26.0 Å². The summed E-state index contributed by atoms with van der Waals surface area (Å²) in [5.74, 6) is 0.228. The number of allylic oxidation sites excluding steroid dienone is 3. The Hall–Kier alpha value is -1.84. The molecule has 0 atom stereocenters. The molecular formula is C16H22O4. The van der Waals surface area contributed by atoms with Crippen molar-refractivity contribution in [1.82, 2.24) is 0 Å². The van der Waals surface area contributed by atoms with Gasteiger partial charge in [0.2, 0.25) is 0 Å².